The zero-order valence-corrected chi connectivity index (χ0v) is 23.8. The highest BCUT2D eigenvalue weighted by Gasteiger charge is 2.58. The van der Waals surface area contributed by atoms with Gasteiger partial charge in [0.2, 0.25) is 0 Å². The fourth-order valence-electron chi connectivity index (χ4n) is 4.32. The van der Waals surface area contributed by atoms with Crippen LogP contribution in [0.15, 0.2) is 54.6 Å². The van der Waals surface area contributed by atoms with Gasteiger partial charge in [-0.1, -0.05) is 42.5 Å². The average molecular weight is 586 g/mol. The molecule has 41 heavy (non-hydrogen) atoms. The molecule has 0 aliphatic rings. The molecular weight excluding hydrogens is 550 g/mol. The lowest BCUT2D eigenvalue weighted by molar-refractivity contribution is -0.274. The number of carbonyl (C=O) groups is 3. The predicted octanol–water partition coefficient (Wildman–Crippen LogP) is 6.32. The number of aliphatic carboxylic acids is 1. The first-order valence-electron chi connectivity index (χ1n) is 12.7. The van der Waals surface area contributed by atoms with Gasteiger partial charge in [-0.2, -0.15) is 0 Å². The number of amides is 1. The van der Waals surface area contributed by atoms with Crippen LogP contribution in [0.1, 0.15) is 52.2 Å². The maximum Gasteiger partial charge on any atom is 0.573 e. The van der Waals surface area contributed by atoms with E-state index in [1.165, 1.54) is 12.1 Å². The smallest absolute Gasteiger partial charge is 0.479 e. The molecule has 2 aromatic rings. The summed E-state index contributed by atoms with van der Waals surface area (Å²) in [7, 11) is 1.09. The number of carboxylic acid groups (broad SMARTS) is 1. The van der Waals surface area contributed by atoms with E-state index in [1.807, 2.05) is 0 Å². The van der Waals surface area contributed by atoms with Crippen LogP contribution in [0.5, 0.6) is 5.75 Å². The maximum absolute atomic E-state index is 15.3. The number of nitrogens with zero attached hydrogens (tertiary/aromatic N) is 1. The highest BCUT2D eigenvalue weighted by atomic mass is 19.4. The lowest BCUT2D eigenvalue weighted by atomic mass is 9.73. The van der Waals surface area contributed by atoms with Crippen LogP contribution in [0.3, 0.4) is 0 Å². The van der Waals surface area contributed by atoms with Gasteiger partial charge in [-0.3, -0.25) is 9.69 Å². The summed E-state index contributed by atoms with van der Waals surface area (Å²) < 4.78 is 67.9. The SMILES string of the molecule is CN(C(=O)OC(C)(C)C)[C@](CC(C)(C)F)(C(=O)O)[C@@H](Cc1ccc(OC(F)(F)F)cc1)C(=O)OCc1ccccc1. The van der Waals surface area contributed by atoms with E-state index in [9.17, 15) is 32.7 Å². The van der Waals surface area contributed by atoms with Gasteiger partial charge in [0, 0.05) is 13.5 Å². The van der Waals surface area contributed by atoms with Crippen molar-refractivity contribution in [2.24, 2.45) is 5.92 Å². The van der Waals surface area contributed by atoms with Crippen molar-refractivity contribution in [2.75, 3.05) is 7.05 Å². The highest BCUT2D eigenvalue weighted by molar-refractivity contribution is 5.91. The minimum absolute atomic E-state index is 0.209. The Morgan fingerprint density at radius 2 is 1.44 bits per heavy atom. The third-order valence-corrected chi connectivity index (χ3v) is 6.01. The molecule has 0 spiro atoms. The van der Waals surface area contributed by atoms with Crippen LogP contribution >= 0.6 is 0 Å². The minimum atomic E-state index is -4.94. The van der Waals surface area contributed by atoms with Crippen molar-refractivity contribution in [3.05, 3.63) is 65.7 Å². The molecule has 12 heteroatoms. The summed E-state index contributed by atoms with van der Waals surface area (Å²) in [6, 6.07) is 12.9. The maximum atomic E-state index is 15.3. The molecule has 1 N–H and O–H groups in total. The Hall–Kier alpha value is -3.83. The van der Waals surface area contributed by atoms with Crippen LogP contribution in [0, 0.1) is 5.92 Å². The van der Waals surface area contributed by atoms with E-state index in [2.05, 4.69) is 4.74 Å². The number of hydrogen-bond donors (Lipinski definition) is 1. The number of carboxylic acids is 1. The van der Waals surface area contributed by atoms with Gasteiger partial charge in [0.1, 0.15) is 23.6 Å². The summed E-state index contributed by atoms with van der Waals surface area (Å²) in [6.07, 6.45) is -7.34. The normalized spacial score (nSPS) is 14.4. The number of hydrogen-bond acceptors (Lipinski definition) is 6. The molecule has 0 aliphatic carbocycles. The summed E-state index contributed by atoms with van der Waals surface area (Å²) in [4.78, 5) is 40.6. The topological polar surface area (TPSA) is 102 Å². The molecule has 0 saturated carbocycles. The second kappa shape index (κ2) is 12.8. The molecule has 2 atom stereocenters. The Balaban J connectivity index is 2.63. The first kappa shape index (κ1) is 33.4. The van der Waals surface area contributed by atoms with Crippen LogP contribution < -0.4 is 4.74 Å². The van der Waals surface area contributed by atoms with E-state index in [-0.39, 0.29) is 12.2 Å². The van der Waals surface area contributed by atoms with Crippen molar-refractivity contribution in [1.82, 2.24) is 4.90 Å². The van der Waals surface area contributed by atoms with Crippen molar-refractivity contribution in [3.63, 3.8) is 0 Å². The first-order chi connectivity index (χ1) is 18.7. The molecule has 0 bridgehead atoms. The van der Waals surface area contributed by atoms with Gasteiger partial charge in [0.05, 0.1) is 5.92 Å². The number of esters is 1. The third kappa shape index (κ3) is 9.94. The third-order valence-electron chi connectivity index (χ3n) is 6.01. The van der Waals surface area contributed by atoms with Crippen LogP contribution in [0.4, 0.5) is 22.4 Å². The summed E-state index contributed by atoms with van der Waals surface area (Å²) in [5.74, 6) is -5.02. The Morgan fingerprint density at radius 1 is 0.878 bits per heavy atom. The Labute approximate surface area is 236 Å². The van der Waals surface area contributed by atoms with Crippen molar-refractivity contribution in [3.8, 4) is 5.75 Å². The number of ether oxygens (including phenoxy) is 3. The summed E-state index contributed by atoms with van der Waals surface area (Å²) in [5, 5.41) is 10.6. The summed E-state index contributed by atoms with van der Waals surface area (Å²) in [6.45, 7) is 6.61. The molecule has 8 nitrogen and oxygen atoms in total. The Kier molecular flexibility index (Phi) is 10.4. The van der Waals surface area contributed by atoms with Crippen molar-refractivity contribution >= 4 is 18.0 Å². The monoisotopic (exact) mass is 585 g/mol. The van der Waals surface area contributed by atoms with Gasteiger partial charge < -0.3 is 19.3 Å². The zero-order valence-electron chi connectivity index (χ0n) is 23.8. The quantitative estimate of drug-likeness (QED) is 0.243. The molecule has 0 unspecified atom stereocenters. The van der Waals surface area contributed by atoms with Gasteiger partial charge in [0.15, 0.2) is 5.54 Å². The van der Waals surface area contributed by atoms with E-state index < -0.39 is 65.7 Å². The summed E-state index contributed by atoms with van der Waals surface area (Å²) >= 11 is 0. The fraction of sp³-hybridized carbons (Fsp3) is 0.483. The lowest BCUT2D eigenvalue weighted by Crippen LogP contribution is -2.65. The first-order valence-corrected chi connectivity index (χ1v) is 12.7. The minimum Gasteiger partial charge on any atom is -0.479 e. The van der Waals surface area contributed by atoms with Crippen molar-refractivity contribution < 1.29 is 51.3 Å². The van der Waals surface area contributed by atoms with Crippen LogP contribution in [0.25, 0.3) is 0 Å². The van der Waals surface area contributed by atoms with Crippen molar-refractivity contribution in [1.29, 1.82) is 0 Å². The molecule has 0 heterocycles. The van der Waals surface area contributed by atoms with Gasteiger partial charge in [-0.05, 0) is 64.3 Å². The van der Waals surface area contributed by atoms with E-state index in [1.54, 1.807) is 51.1 Å². The van der Waals surface area contributed by atoms with Gasteiger partial charge in [-0.15, -0.1) is 13.2 Å². The van der Waals surface area contributed by atoms with Crippen LogP contribution in [-0.4, -0.2) is 58.3 Å². The van der Waals surface area contributed by atoms with Gasteiger partial charge in [-0.25, -0.2) is 14.0 Å². The fourth-order valence-corrected chi connectivity index (χ4v) is 4.32. The number of halogens is 4. The Morgan fingerprint density at radius 3 is 1.90 bits per heavy atom. The standard InChI is InChI=1S/C29H35F4NO7/c1-26(2,3)41-25(38)34(6)28(24(36)37,18-27(4,5)30)22(23(35)39-17-20-10-8-7-9-11-20)16-19-12-14-21(15-13-19)40-29(31,32)33/h7-15,22H,16-18H2,1-6H3,(H,36,37)/t22-,28-/m0/s1. The second-order valence-electron chi connectivity index (χ2n) is 11.2. The number of benzene rings is 2. The number of likely N-dealkylation sites (N-methyl/N-ethyl adjacent to an activating group) is 1. The number of carbonyl (C=O) groups excluding carboxylic acids is 2. The van der Waals surface area contributed by atoms with E-state index in [0.29, 0.717) is 10.5 Å². The molecule has 2 aromatic carbocycles. The largest absolute Gasteiger partial charge is 0.573 e. The van der Waals surface area contributed by atoms with Gasteiger partial charge >= 0.3 is 24.4 Å². The van der Waals surface area contributed by atoms with E-state index in [4.69, 9.17) is 9.47 Å². The molecule has 0 aliphatic heterocycles. The van der Waals surface area contributed by atoms with Crippen molar-refractivity contribution in [2.45, 2.75) is 77.2 Å². The molecule has 0 fully saturated rings. The molecule has 0 aromatic heterocycles. The lowest BCUT2D eigenvalue weighted by Gasteiger charge is -2.44. The number of rotatable bonds is 11. The van der Waals surface area contributed by atoms with Crippen LogP contribution in [0.2, 0.25) is 0 Å². The molecule has 1 amide bonds. The predicted molar refractivity (Wildman–Crippen MR) is 141 cm³/mol. The van der Waals surface area contributed by atoms with E-state index >= 15 is 4.39 Å². The highest BCUT2D eigenvalue weighted by Crippen LogP contribution is 2.39. The molecular formula is C29H35F4NO7. The van der Waals surface area contributed by atoms with Crippen LogP contribution in [-0.2, 0) is 32.1 Å². The molecule has 2 rings (SSSR count). The zero-order chi connectivity index (χ0) is 31.2. The Bertz CT molecular complexity index is 1190. The summed E-state index contributed by atoms with van der Waals surface area (Å²) in [5.41, 5.74) is -5.01. The number of alkyl halides is 4. The molecule has 0 radical (unpaired) electrons. The van der Waals surface area contributed by atoms with Gasteiger partial charge in [0.25, 0.3) is 0 Å². The van der Waals surface area contributed by atoms with E-state index in [0.717, 1.165) is 33.0 Å². The second-order valence-corrected chi connectivity index (χ2v) is 11.2. The average Bonchev–Trinajstić information content (AvgIpc) is 2.83. The molecule has 226 valence electrons. The molecule has 0 saturated heterocycles.